The quantitative estimate of drug-likeness (QED) is 0.840. The number of nitrogens with zero attached hydrogens (tertiary/aromatic N) is 1. The summed E-state index contributed by atoms with van der Waals surface area (Å²) in [7, 11) is -4.11. The number of hydrogen-bond donors (Lipinski definition) is 2. The zero-order valence-electron chi connectivity index (χ0n) is 9.31. The molecule has 0 bridgehead atoms. The van der Waals surface area contributed by atoms with E-state index in [2.05, 4.69) is 4.98 Å². The van der Waals surface area contributed by atoms with Crippen LogP contribution in [-0.4, -0.2) is 31.0 Å². The molecule has 0 fully saturated rings. The summed E-state index contributed by atoms with van der Waals surface area (Å²) >= 11 is 0. The van der Waals surface area contributed by atoms with Crippen molar-refractivity contribution in [2.45, 2.75) is 17.6 Å². The number of rotatable bonds is 5. The highest BCUT2D eigenvalue weighted by atomic mass is 32.2. The molecular formula is C9H9F3N2O4S. The van der Waals surface area contributed by atoms with E-state index in [0.29, 0.717) is 18.3 Å². The van der Waals surface area contributed by atoms with Crippen LogP contribution in [0.15, 0.2) is 23.4 Å². The molecule has 10 heteroatoms. The maximum Gasteiger partial charge on any atom is 0.417 e. The minimum atomic E-state index is -4.61. The maximum atomic E-state index is 12.2. The average Bonchev–Trinajstić information content (AvgIpc) is 2.27. The fraction of sp³-hybridized carbons (Fsp3) is 0.333. The Balaban J connectivity index is 2.82. The number of carbonyl (C=O) groups is 1. The van der Waals surface area contributed by atoms with E-state index in [1.807, 2.05) is 4.72 Å². The Kier molecular flexibility index (Phi) is 4.48. The number of aliphatic carboxylic acids is 1. The topological polar surface area (TPSA) is 96.4 Å². The van der Waals surface area contributed by atoms with Crippen molar-refractivity contribution in [1.82, 2.24) is 9.71 Å². The molecule has 1 aromatic rings. The summed E-state index contributed by atoms with van der Waals surface area (Å²) in [6.07, 6.45) is -4.66. The van der Waals surface area contributed by atoms with Crippen LogP contribution in [0.5, 0.6) is 0 Å². The summed E-state index contributed by atoms with van der Waals surface area (Å²) < 4.78 is 61.7. The predicted octanol–water partition coefficient (Wildman–Crippen LogP) is 0.853. The molecular weight excluding hydrogens is 289 g/mol. The molecule has 0 aliphatic rings. The molecule has 0 aliphatic carbocycles. The Hall–Kier alpha value is -1.68. The number of hydrogen-bond acceptors (Lipinski definition) is 4. The van der Waals surface area contributed by atoms with Gasteiger partial charge in [-0.15, -0.1) is 0 Å². The molecule has 0 saturated carbocycles. The normalized spacial score (nSPS) is 12.4. The van der Waals surface area contributed by atoms with Crippen molar-refractivity contribution < 1.29 is 31.5 Å². The number of carboxylic acid groups (broad SMARTS) is 1. The van der Waals surface area contributed by atoms with Gasteiger partial charge in [-0.1, -0.05) is 0 Å². The van der Waals surface area contributed by atoms with Crippen LogP contribution in [0.2, 0.25) is 0 Å². The Bertz CT molecular complexity index is 554. The van der Waals surface area contributed by atoms with Crippen LogP contribution in [-0.2, 0) is 21.0 Å². The van der Waals surface area contributed by atoms with Gasteiger partial charge in [-0.25, -0.2) is 18.1 Å². The molecule has 0 atom stereocenters. The summed E-state index contributed by atoms with van der Waals surface area (Å²) in [4.78, 5) is 13.4. The van der Waals surface area contributed by atoms with Gasteiger partial charge < -0.3 is 5.11 Å². The minimum Gasteiger partial charge on any atom is -0.481 e. The second kappa shape index (κ2) is 5.53. The first-order valence-electron chi connectivity index (χ1n) is 4.87. The van der Waals surface area contributed by atoms with Gasteiger partial charge in [-0.2, -0.15) is 13.2 Å². The molecule has 0 amide bonds. The Labute approximate surface area is 106 Å². The molecule has 0 aliphatic heterocycles. The van der Waals surface area contributed by atoms with Crippen LogP contribution in [0.25, 0.3) is 0 Å². The molecule has 0 saturated heterocycles. The van der Waals surface area contributed by atoms with Crippen molar-refractivity contribution in [1.29, 1.82) is 0 Å². The number of halogens is 3. The fourth-order valence-electron chi connectivity index (χ4n) is 1.07. The van der Waals surface area contributed by atoms with E-state index in [0.717, 1.165) is 0 Å². The number of nitrogens with one attached hydrogen (secondary N) is 1. The first-order valence-corrected chi connectivity index (χ1v) is 6.36. The molecule has 0 aromatic carbocycles. The largest absolute Gasteiger partial charge is 0.481 e. The zero-order chi connectivity index (χ0) is 14.7. The van der Waals surface area contributed by atoms with Gasteiger partial charge in [0.2, 0.25) is 0 Å². The smallest absolute Gasteiger partial charge is 0.417 e. The van der Waals surface area contributed by atoms with Crippen LogP contribution in [0.4, 0.5) is 13.2 Å². The molecule has 0 spiro atoms. The maximum absolute atomic E-state index is 12.2. The van der Waals surface area contributed by atoms with Crippen molar-refractivity contribution in [3.63, 3.8) is 0 Å². The first-order chi connectivity index (χ1) is 8.63. The van der Waals surface area contributed by atoms with E-state index in [9.17, 15) is 26.4 Å². The van der Waals surface area contributed by atoms with Crippen LogP contribution in [0.3, 0.4) is 0 Å². The van der Waals surface area contributed by atoms with Crippen LogP contribution < -0.4 is 4.72 Å². The molecule has 2 N–H and O–H groups in total. The van der Waals surface area contributed by atoms with E-state index in [1.54, 1.807) is 0 Å². The monoisotopic (exact) mass is 298 g/mol. The van der Waals surface area contributed by atoms with E-state index < -0.39 is 39.2 Å². The Morgan fingerprint density at radius 2 is 2.00 bits per heavy atom. The standard InChI is InChI=1S/C9H9F3N2O4S/c10-9(11,12)6-1-2-7(13-5-6)19(17,18)14-4-3-8(15)16/h1-2,5,14H,3-4H2,(H,15,16). The number of carboxylic acids is 1. The number of pyridine rings is 1. The number of alkyl halides is 3. The molecule has 1 heterocycles. The van der Waals surface area contributed by atoms with E-state index in [-0.39, 0.29) is 6.54 Å². The lowest BCUT2D eigenvalue weighted by molar-refractivity contribution is -0.138. The van der Waals surface area contributed by atoms with Crippen LogP contribution >= 0.6 is 0 Å². The second-order valence-electron chi connectivity index (χ2n) is 3.42. The van der Waals surface area contributed by atoms with Gasteiger partial charge in [0, 0.05) is 12.7 Å². The van der Waals surface area contributed by atoms with Crippen molar-refractivity contribution in [3.05, 3.63) is 23.9 Å². The third-order valence-electron chi connectivity index (χ3n) is 1.97. The SMILES string of the molecule is O=C(O)CCNS(=O)(=O)c1ccc(C(F)(F)F)cn1. The molecule has 1 rings (SSSR count). The number of aromatic nitrogens is 1. The summed E-state index contributed by atoms with van der Waals surface area (Å²) in [5.74, 6) is -1.21. The second-order valence-corrected chi connectivity index (χ2v) is 5.14. The molecule has 19 heavy (non-hydrogen) atoms. The summed E-state index contributed by atoms with van der Waals surface area (Å²) in [6, 6.07) is 1.28. The highest BCUT2D eigenvalue weighted by Crippen LogP contribution is 2.28. The molecule has 106 valence electrons. The summed E-state index contributed by atoms with van der Waals surface area (Å²) in [5.41, 5.74) is -1.07. The Morgan fingerprint density at radius 3 is 2.42 bits per heavy atom. The zero-order valence-corrected chi connectivity index (χ0v) is 10.1. The lowest BCUT2D eigenvalue weighted by atomic mass is 10.3. The highest BCUT2D eigenvalue weighted by Gasteiger charge is 2.31. The third kappa shape index (κ3) is 4.48. The van der Waals surface area contributed by atoms with Gasteiger partial charge >= 0.3 is 12.1 Å². The molecule has 0 radical (unpaired) electrons. The van der Waals surface area contributed by atoms with E-state index in [4.69, 9.17) is 5.11 Å². The van der Waals surface area contributed by atoms with Crippen molar-refractivity contribution in [2.24, 2.45) is 0 Å². The summed E-state index contributed by atoms with van der Waals surface area (Å²) in [5, 5.41) is 7.73. The molecule has 0 unspecified atom stereocenters. The average molecular weight is 298 g/mol. The molecule has 1 aromatic heterocycles. The Morgan fingerprint density at radius 1 is 1.37 bits per heavy atom. The lowest BCUT2D eigenvalue weighted by Crippen LogP contribution is -2.27. The van der Waals surface area contributed by atoms with Crippen molar-refractivity contribution >= 4 is 16.0 Å². The van der Waals surface area contributed by atoms with Gasteiger partial charge in [0.1, 0.15) is 0 Å². The molecule has 6 nitrogen and oxygen atoms in total. The minimum absolute atomic E-state index is 0.375. The first kappa shape index (κ1) is 15.4. The van der Waals surface area contributed by atoms with E-state index >= 15 is 0 Å². The van der Waals surface area contributed by atoms with Crippen molar-refractivity contribution in [3.8, 4) is 0 Å². The fourth-order valence-corrected chi connectivity index (χ4v) is 2.03. The van der Waals surface area contributed by atoms with Gasteiger partial charge in [0.15, 0.2) is 5.03 Å². The van der Waals surface area contributed by atoms with Gasteiger partial charge in [0.25, 0.3) is 10.0 Å². The summed E-state index contributed by atoms with van der Waals surface area (Å²) in [6.45, 7) is -0.375. The van der Waals surface area contributed by atoms with Crippen LogP contribution in [0, 0.1) is 0 Å². The van der Waals surface area contributed by atoms with Gasteiger partial charge in [0.05, 0.1) is 12.0 Å². The predicted molar refractivity (Wildman–Crippen MR) is 56.7 cm³/mol. The number of sulfonamides is 1. The third-order valence-corrected chi connectivity index (χ3v) is 3.35. The van der Waals surface area contributed by atoms with Gasteiger partial charge in [-0.3, -0.25) is 4.79 Å². The highest BCUT2D eigenvalue weighted by molar-refractivity contribution is 7.89. The van der Waals surface area contributed by atoms with E-state index in [1.165, 1.54) is 0 Å². The van der Waals surface area contributed by atoms with Gasteiger partial charge in [-0.05, 0) is 12.1 Å². The van der Waals surface area contributed by atoms with Crippen LogP contribution in [0.1, 0.15) is 12.0 Å². The lowest BCUT2D eigenvalue weighted by Gasteiger charge is -2.08. The van der Waals surface area contributed by atoms with Crippen molar-refractivity contribution in [2.75, 3.05) is 6.54 Å².